The normalized spacial score (nSPS) is 24.8. The Morgan fingerprint density at radius 2 is 1.78 bits per heavy atom. The van der Waals surface area contributed by atoms with E-state index >= 15 is 0 Å². The fraction of sp³-hybridized carbons (Fsp3) is 1.00. The summed E-state index contributed by atoms with van der Waals surface area (Å²) in [4.78, 5) is 2.44. The Balaban J connectivity index is 1.94. The van der Waals surface area contributed by atoms with E-state index in [4.69, 9.17) is 19.9 Å². The summed E-state index contributed by atoms with van der Waals surface area (Å²) in [6.45, 7) is 8.49. The molecule has 0 aromatic carbocycles. The van der Waals surface area contributed by atoms with Gasteiger partial charge in [-0.1, -0.05) is 6.92 Å². The fourth-order valence-corrected chi connectivity index (χ4v) is 2.39. The zero-order valence-electron chi connectivity index (χ0n) is 11.8. The zero-order valence-corrected chi connectivity index (χ0v) is 11.8. The second-order valence-corrected chi connectivity index (χ2v) is 4.82. The Bertz CT molecular complexity index is 205. The van der Waals surface area contributed by atoms with Crippen molar-refractivity contribution in [2.75, 3.05) is 59.8 Å². The Kier molecular flexibility index (Phi) is 8.54. The number of nitrogens with two attached hydrogens (primary N) is 1. The summed E-state index contributed by atoms with van der Waals surface area (Å²) in [7, 11) is 1.67. The maximum absolute atomic E-state index is 5.80. The molecule has 5 nitrogen and oxygen atoms in total. The lowest BCUT2D eigenvalue weighted by Gasteiger charge is -2.25. The third-order valence-electron chi connectivity index (χ3n) is 3.57. The minimum Gasteiger partial charge on any atom is -0.382 e. The van der Waals surface area contributed by atoms with Crippen molar-refractivity contribution in [1.82, 2.24) is 4.90 Å². The van der Waals surface area contributed by atoms with Gasteiger partial charge in [-0.2, -0.15) is 0 Å². The van der Waals surface area contributed by atoms with Gasteiger partial charge in [-0.3, -0.25) is 4.90 Å². The summed E-state index contributed by atoms with van der Waals surface area (Å²) in [5.41, 5.74) is 5.80. The molecule has 2 N–H and O–H groups in total. The largest absolute Gasteiger partial charge is 0.382 e. The van der Waals surface area contributed by atoms with E-state index in [1.54, 1.807) is 7.11 Å². The number of methoxy groups -OCH3 is 1. The van der Waals surface area contributed by atoms with Crippen molar-refractivity contribution in [2.24, 2.45) is 11.7 Å². The number of hydrogen-bond acceptors (Lipinski definition) is 5. The second kappa shape index (κ2) is 9.69. The van der Waals surface area contributed by atoms with E-state index in [0.717, 1.165) is 26.2 Å². The standard InChI is InChI=1S/C13H28N2O3/c1-12-3-4-15(13(12)11-14)5-6-17-9-10-18-8-7-16-2/h12-13H,3-11,14H2,1-2H3. The van der Waals surface area contributed by atoms with Crippen molar-refractivity contribution >= 4 is 0 Å². The molecule has 0 amide bonds. The Labute approximate surface area is 111 Å². The molecule has 1 aliphatic rings. The average Bonchev–Trinajstić information content (AvgIpc) is 2.73. The van der Waals surface area contributed by atoms with E-state index in [1.807, 2.05) is 0 Å². The topological polar surface area (TPSA) is 57.0 Å². The van der Waals surface area contributed by atoms with E-state index in [-0.39, 0.29) is 0 Å². The molecule has 1 aliphatic heterocycles. The molecule has 0 bridgehead atoms. The van der Waals surface area contributed by atoms with E-state index < -0.39 is 0 Å². The third kappa shape index (κ3) is 5.63. The van der Waals surface area contributed by atoms with Gasteiger partial charge in [0, 0.05) is 26.2 Å². The highest BCUT2D eigenvalue weighted by molar-refractivity contribution is 4.84. The summed E-state index contributed by atoms with van der Waals surface area (Å²) in [6.07, 6.45) is 1.25. The molecular weight excluding hydrogens is 232 g/mol. The smallest absolute Gasteiger partial charge is 0.0701 e. The Morgan fingerprint density at radius 3 is 2.44 bits per heavy atom. The first-order valence-corrected chi connectivity index (χ1v) is 6.88. The van der Waals surface area contributed by atoms with Crippen molar-refractivity contribution in [3.63, 3.8) is 0 Å². The van der Waals surface area contributed by atoms with Crippen molar-refractivity contribution in [3.05, 3.63) is 0 Å². The van der Waals surface area contributed by atoms with Crippen LogP contribution in [-0.2, 0) is 14.2 Å². The lowest BCUT2D eigenvalue weighted by atomic mass is 10.0. The summed E-state index contributed by atoms with van der Waals surface area (Å²) in [5, 5.41) is 0. The van der Waals surface area contributed by atoms with Crippen LogP contribution in [0.1, 0.15) is 13.3 Å². The molecule has 18 heavy (non-hydrogen) atoms. The minimum atomic E-state index is 0.534. The van der Waals surface area contributed by atoms with Crippen LogP contribution in [0.3, 0.4) is 0 Å². The molecule has 0 aromatic rings. The molecule has 0 radical (unpaired) electrons. The number of hydrogen-bond donors (Lipinski definition) is 1. The first-order valence-electron chi connectivity index (χ1n) is 6.88. The van der Waals surface area contributed by atoms with Gasteiger partial charge in [0.1, 0.15) is 0 Å². The van der Waals surface area contributed by atoms with Crippen LogP contribution < -0.4 is 5.73 Å². The molecule has 0 saturated carbocycles. The Morgan fingerprint density at radius 1 is 1.11 bits per heavy atom. The van der Waals surface area contributed by atoms with Gasteiger partial charge in [0.2, 0.25) is 0 Å². The third-order valence-corrected chi connectivity index (χ3v) is 3.57. The van der Waals surface area contributed by atoms with Crippen LogP contribution in [0.2, 0.25) is 0 Å². The van der Waals surface area contributed by atoms with Crippen LogP contribution in [0, 0.1) is 5.92 Å². The van der Waals surface area contributed by atoms with E-state index in [9.17, 15) is 0 Å². The van der Waals surface area contributed by atoms with Crippen LogP contribution in [0.15, 0.2) is 0 Å². The van der Waals surface area contributed by atoms with Gasteiger partial charge in [-0.25, -0.2) is 0 Å². The summed E-state index contributed by atoms with van der Waals surface area (Å²) >= 11 is 0. The van der Waals surface area contributed by atoms with Gasteiger partial charge in [0.05, 0.1) is 33.0 Å². The van der Waals surface area contributed by atoms with Crippen LogP contribution in [0.5, 0.6) is 0 Å². The predicted octanol–water partition coefficient (Wildman–Crippen LogP) is 0.335. The summed E-state index contributed by atoms with van der Waals surface area (Å²) < 4.78 is 15.8. The van der Waals surface area contributed by atoms with E-state index in [0.29, 0.717) is 38.4 Å². The second-order valence-electron chi connectivity index (χ2n) is 4.82. The zero-order chi connectivity index (χ0) is 13.2. The van der Waals surface area contributed by atoms with Crippen molar-refractivity contribution in [2.45, 2.75) is 19.4 Å². The van der Waals surface area contributed by atoms with Crippen molar-refractivity contribution in [1.29, 1.82) is 0 Å². The van der Waals surface area contributed by atoms with Crippen molar-refractivity contribution in [3.8, 4) is 0 Å². The summed E-state index contributed by atoms with van der Waals surface area (Å²) in [5.74, 6) is 0.715. The number of nitrogens with zero attached hydrogens (tertiary/aromatic N) is 1. The molecule has 0 aromatic heterocycles. The monoisotopic (exact) mass is 260 g/mol. The summed E-state index contributed by atoms with van der Waals surface area (Å²) in [6, 6.07) is 0.534. The number of ether oxygens (including phenoxy) is 3. The van der Waals surface area contributed by atoms with Gasteiger partial charge in [0.25, 0.3) is 0 Å². The van der Waals surface area contributed by atoms with E-state index in [2.05, 4.69) is 11.8 Å². The average molecular weight is 260 g/mol. The fourth-order valence-electron chi connectivity index (χ4n) is 2.39. The highest BCUT2D eigenvalue weighted by Gasteiger charge is 2.29. The Hall–Kier alpha value is -0.200. The predicted molar refractivity (Wildman–Crippen MR) is 71.7 cm³/mol. The molecule has 1 heterocycles. The quantitative estimate of drug-likeness (QED) is 0.574. The molecular formula is C13H28N2O3. The molecule has 1 rings (SSSR count). The van der Waals surface area contributed by atoms with Crippen LogP contribution in [0.4, 0.5) is 0 Å². The van der Waals surface area contributed by atoms with Gasteiger partial charge in [-0.15, -0.1) is 0 Å². The van der Waals surface area contributed by atoms with E-state index in [1.165, 1.54) is 6.42 Å². The van der Waals surface area contributed by atoms with Crippen LogP contribution in [-0.4, -0.2) is 70.7 Å². The molecule has 108 valence electrons. The first-order chi connectivity index (χ1) is 8.79. The SMILES string of the molecule is COCCOCCOCCN1CCC(C)C1CN. The van der Waals surface area contributed by atoms with Gasteiger partial charge in [-0.05, 0) is 18.9 Å². The highest BCUT2D eigenvalue weighted by atomic mass is 16.5. The van der Waals surface area contributed by atoms with Crippen LogP contribution in [0.25, 0.3) is 0 Å². The molecule has 0 spiro atoms. The van der Waals surface area contributed by atoms with Crippen molar-refractivity contribution < 1.29 is 14.2 Å². The molecule has 1 fully saturated rings. The first kappa shape index (κ1) is 15.9. The number of rotatable bonds is 10. The lowest BCUT2D eigenvalue weighted by molar-refractivity contribution is 0.0185. The maximum atomic E-state index is 5.80. The molecule has 1 saturated heterocycles. The molecule has 5 heteroatoms. The van der Waals surface area contributed by atoms with Gasteiger partial charge in [0.15, 0.2) is 0 Å². The molecule has 2 unspecified atom stereocenters. The van der Waals surface area contributed by atoms with Gasteiger partial charge >= 0.3 is 0 Å². The van der Waals surface area contributed by atoms with Crippen LogP contribution >= 0.6 is 0 Å². The number of likely N-dealkylation sites (tertiary alicyclic amines) is 1. The molecule has 2 atom stereocenters. The maximum Gasteiger partial charge on any atom is 0.0701 e. The lowest BCUT2D eigenvalue weighted by Crippen LogP contribution is -2.40. The highest BCUT2D eigenvalue weighted by Crippen LogP contribution is 2.22. The van der Waals surface area contributed by atoms with Gasteiger partial charge < -0.3 is 19.9 Å². The molecule has 0 aliphatic carbocycles. The minimum absolute atomic E-state index is 0.534.